The van der Waals surface area contributed by atoms with Gasteiger partial charge in [-0.1, -0.05) is 23.7 Å². The third-order valence-corrected chi connectivity index (χ3v) is 4.41. The first-order valence-corrected chi connectivity index (χ1v) is 8.45. The number of carbonyl (C=O) groups is 1. The Morgan fingerprint density at radius 2 is 2.12 bits per heavy atom. The smallest absolute Gasteiger partial charge is 0.261 e. The Morgan fingerprint density at radius 3 is 2.88 bits per heavy atom. The fraction of sp³-hybridized carbons (Fsp3) is 0.333. The number of amides is 1. The lowest BCUT2D eigenvalue weighted by Gasteiger charge is -2.23. The summed E-state index contributed by atoms with van der Waals surface area (Å²) in [7, 11) is 0. The lowest BCUT2D eigenvalue weighted by molar-refractivity contribution is 0.102. The number of para-hydroxylation sites is 1. The van der Waals surface area contributed by atoms with Gasteiger partial charge < -0.3 is 14.6 Å². The van der Waals surface area contributed by atoms with E-state index in [1.54, 1.807) is 28.8 Å². The highest BCUT2D eigenvalue weighted by atomic mass is 35.5. The van der Waals surface area contributed by atoms with Crippen LogP contribution >= 0.6 is 11.6 Å². The van der Waals surface area contributed by atoms with Crippen molar-refractivity contribution in [3.8, 4) is 5.75 Å². The van der Waals surface area contributed by atoms with E-state index < -0.39 is 0 Å². The van der Waals surface area contributed by atoms with Gasteiger partial charge in [0, 0.05) is 18.3 Å². The van der Waals surface area contributed by atoms with Crippen LogP contribution in [0.1, 0.15) is 35.8 Å². The van der Waals surface area contributed by atoms with E-state index in [1.165, 1.54) is 6.07 Å². The molecule has 24 heavy (non-hydrogen) atoms. The van der Waals surface area contributed by atoms with E-state index in [-0.39, 0.29) is 11.5 Å². The van der Waals surface area contributed by atoms with Crippen molar-refractivity contribution in [2.24, 2.45) is 0 Å². The zero-order valence-corrected chi connectivity index (χ0v) is 14.2. The van der Waals surface area contributed by atoms with E-state index in [9.17, 15) is 9.59 Å². The SMILES string of the molecule is CCOc1cc(=O)n2c(c1C(=O)Nc1ccccc1Cl)CCCC2. The Hall–Kier alpha value is -2.27. The third kappa shape index (κ3) is 3.17. The highest BCUT2D eigenvalue weighted by Gasteiger charge is 2.24. The number of carbonyl (C=O) groups excluding carboxylic acids is 1. The molecule has 0 radical (unpaired) electrons. The molecule has 3 rings (SSSR count). The number of hydrogen-bond donors (Lipinski definition) is 1. The zero-order valence-electron chi connectivity index (χ0n) is 13.5. The molecule has 0 fully saturated rings. The molecule has 1 aromatic heterocycles. The highest BCUT2D eigenvalue weighted by Crippen LogP contribution is 2.28. The van der Waals surface area contributed by atoms with E-state index in [1.807, 2.05) is 6.92 Å². The number of anilines is 1. The number of ether oxygens (including phenoxy) is 1. The number of hydrogen-bond acceptors (Lipinski definition) is 3. The van der Waals surface area contributed by atoms with Crippen LogP contribution in [-0.4, -0.2) is 17.1 Å². The molecule has 0 bridgehead atoms. The fourth-order valence-corrected chi connectivity index (χ4v) is 3.18. The normalized spacial score (nSPS) is 13.2. The number of fused-ring (bicyclic) bond motifs is 1. The van der Waals surface area contributed by atoms with Gasteiger partial charge in [-0.05, 0) is 38.3 Å². The molecular formula is C18H19ClN2O3. The van der Waals surface area contributed by atoms with Gasteiger partial charge in [-0.3, -0.25) is 9.59 Å². The summed E-state index contributed by atoms with van der Waals surface area (Å²) in [6, 6.07) is 8.46. The van der Waals surface area contributed by atoms with E-state index in [0.29, 0.717) is 41.6 Å². The first kappa shape index (κ1) is 16.6. The zero-order chi connectivity index (χ0) is 17.1. The summed E-state index contributed by atoms with van der Waals surface area (Å²) in [5.41, 5.74) is 1.58. The maximum absolute atomic E-state index is 12.9. The maximum atomic E-state index is 12.9. The molecule has 126 valence electrons. The van der Waals surface area contributed by atoms with Gasteiger partial charge in [-0.2, -0.15) is 0 Å². The monoisotopic (exact) mass is 346 g/mol. The van der Waals surface area contributed by atoms with Gasteiger partial charge in [-0.25, -0.2) is 0 Å². The second kappa shape index (κ2) is 7.09. The first-order valence-electron chi connectivity index (χ1n) is 8.07. The number of rotatable bonds is 4. The van der Waals surface area contributed by atoms with Crippen LogP contribution in [0.25, 0.3) is 0 Å². The van der Waals surface area contributed by atoms with Crippen LogP contribution in [0, 0.1) is 0 Å². The average Bonchev–Trinajstić information content (AvgIpc) is 2.57. The molecular weight excluding hydrogens is 328 g/mol. The summed E-state index contributed by atoms with van der Waals surface area (Å²) in [5, 5.41) is 3.29. The minimum atomic E-state index is -0.308. The Morgan fingerprint density at radius 1 is 1.33 bits per heavy atom. The Labute approximate surface area is 145 Å². The van der Waals surface area contributed by atoms with Crippen molar-refractivity contribution in [3.63, 3.8) is 0 Å². The fourth-order valence-electron chi connectivity index (χ4n) is 3.00. The number of nitrogens with one attached hydrogen (secondary N) is 1. The third-order valence-electron chi connectivity index (χ3n) is 4.08. The molecule has 2 aromatic rings. The summed E-state index contributed by atoms with van der Waals surface area (Å²) in [4.78, 5) is 25.2. The van der Waals surface area contributed by atoms with E-state index in [2.05, 4.69) is 5.32 Å². The maximum Gasteiger partial charge on any atom is 0.261 e. The van der Waals surface area contributed by atoms with Crippen molar-refractivity contribution < 1.29 is 9.53 Å². The number of benzene rings is 1. The number of aromatic nitrogens is 1. The van der Waals surface area contributed by atoms with E-state index >= 15 is 0 Å². The number of nitrogens with zero attached hydrogens (tertiary/aromatic N) is 1. The molecule has 0 saturated heterocycles. The molecule has 0 atom stereocenters. The van der Waals surface area contributed by atoms with Gasteiger partial charge in [0.25, 0.3) is 11.5 Å². The summed E-state index contributed by atoms with van der Waals surface area (Å²) in [5.74, 6) is 0.0254. The first-order chi connectivity index (χ1) is 11.6. The van der Waals surface area contributed by atoms with Crippen LogP contribution in [0.4, 0.5) is 5.69 Å². The molecule has 1 amide bonds. The molecule has 0 saturated carbocycles. The molecule has 5 nitrogen and oxygen atoms in total. The van der Waals surface area contributed by atoms with Crippen LogP contribution in [0.2, 0.25) is 5.02 Å². The quantitative estimate of drug-likeness (QED) is 0.921. The second-order valence-electron chi connectivity index (χ2n) is 5.64. The molecule has 6 heteroatoms. The molecule has 1 N–H and O–H groups in total. The van der Waals surface area contributed by atoms with Crippen LogP contribution < -0.4 is 15.6 Å². The number of halogens is 1. The van der Waals surface area contributed by atoms with E-state index in [4.69, 9.17) is 16.3 Å². The lowest BCUT2D eigenvalue weighted by Crippen LogP contribution is -2.31. The molecule has 2 heterocycles. The van der Waals surface area contributed by atoms with Crippen molar-refractivity contribution in [1.29, 1.82) is 0 Å². The molecule has 0 unspecified atom stereocenters. The van der Waals surface area contributed by atoms with Crippen molar-refractivity contribution in [3.05, 3.63) is 57.0 Å². The Balaban J connectivity index is 2.06. The van der Waals surface area contributed by atoms with Gasteiger partial charge in [0.2, 0.25) is 0 Å². The van der Waals surface area contributed by atoms with Crippen molar-refractivity contribution >= 4 is 23.2 Å². The summed E-state index contributed by atoms with van der Waals surface area (Å²) >= 11 is 6.12. The topological polar surface area (TPSA) is 60.3 Å². The largest absolute Gasteiger partial charge is 0.493 e. The summed E-state index contributed by atoms with van der Waals surface area (Å²) < 4.78 is 7.24. The Kier molecular flexibility index (Phi) is 4.90. The molecule has 0 spiro atoms. The van der Waals surface area contributed by atoms with Crippen molar-refractivity contribution in [2.45, 2.75) is 32.7 Å². The summed E-state index contributed by atoms with van der Waals surface area (Å²) in [6.07, 6.45) is 2.56. The standard InChI is InChI=1S/C18H19ClN2O3/c1-2-24-15-11-16(22)21-10-6-5-9-14(21)17(15)18(23)20-13-8-4-3-7-12(13)19/h3-4,7-8,11H,2,5-6,9-10H2,1H3,(H,20,23). The van der Waals surface area contributed by atoms with Gasteiger partial charge in [0.1, 0.15) is 11.3 Å². The second-order valence-corrected chi connectivity index (χ2v) is 6.05. The van der Waals surface area contributed by atoms with Crippen molar-refractivity contribution in [2.75, 3.05) is 11.9 Å². The molecule has 1 aliphatic rings. The predicted molar refractivity (Wildman–Crippen MR) is 94.2 cm³/mol. The van der Waals surface area contributed by atoms with E-state index in [0.717, 1.165) is 18.5 Å². The minimum absolute atomic E-state index is 0.123. The number of pyridine rings is 1. The van der Waals surface area contributed by atoms with Gasteiger partial charge in [-0.15, -0.1) is 0 Å². The minimum Gasteiger partial charge on any atom is -0.493 e. The highest BCUT2D eigenvalue weighted by molar-refractivity contribution is 6.34. The molecule has 0 aliphatic carbocycles. The van der Waals surface area contributed by atoms with Gasteiger partial charge >= 0.3 is 0 Å². The lowest BCUT2D eigenvalue weighted by atomic mass is 10.0. The van der Waals surface area contributed by atoms with Crippen molar-refractivity contribution in [1.82, 2.24) is 4.57 Å². The van der Waals surface area contributed by atoms with Crippen LogP contribution in [0.15, 0.2) is 35.1 Å². The van der Waals surface area contributed by atoms with Crippen LogP contribution in [-0.2, 0) is 13.0 Å². The average molecular weight is 347 g/mol. The van der Waals surface area contributed by atoms with Crippen LogP contribution in [0.5, 0.6) is 5.75 Å². The summed E-state index contributed by atoms with van der Waals surface area (Å²) in [6.45, 7) is 2.84. The molecule has 1 aromatic carbocycles. The van der Waals surface area contributed by atoms with Gasteiger partial charge in [0.05, 0.1) is 17.3 Å². The predicted octanol–water partition coefficient (Wildman–Crippen LogP) is 3.49. The van der Waals surface area contributed by atoms with Gasteiger partial charge in [0.15, 0.2) is 0 Å². The molecule has 1 aliphatic heterocycles. The van der Waals surface area contributed by atoms with Crippen LogP contribution in [0.3, 0.4) is 0 Å². The Bertz CT molecular complexity index is 829.